The van der Waals surface area contributed by atoms with Gasteiger partial charge in [-0.1, -0.05) is 32.9 Å². The van der Waals surface area contributed by atoms with Crippen molar-refractivity contribution in [1.29, 1.82) is 0 Å². The molecule has 1 heterocycles. The Kier molecular flexibility index (Phi) is 4.74. The van der Waals surface area contributed by atoms with Crippen molar-refractivity contribution in [1.82, 2.24) is 0 Å². The first-order valence-electron chi connectivity index (χ1n) is 8.14. The molecule has 6 nitrogen and oxygen atoms in total. The van der Waals surface area contributed by atoms with Gasteiger partial charge in [0.1, 0.15) is 11.5 Å². The number of hydrogen-bond donors (Lipinski definition) is 0. The summed E-state index contributed by atoms with van der Waals surface area (Å²) in [7, 11) is 0. The van der Waals surface area contributed by atoms with Gasteiger partial charge < -0.3 is 14.2 Å². The highest BCUT2D eigenvalue weighted by Gasteiger charge is 2.25. The van der Waals surface area contributed by atoms with Gasteiger partial charge in [0.25, 0.3) is 5.69 Å². The van der Waals surface area contributed by atoms with Crippen LogP contribution in [0.5, 0.6) is 11.5 Å². The van der Waals surface area contributed by atoms with E-state index in [1.165, 1.54) is 17.7 Å². The molecule has 0 radical (unpaired) electrons. The zero-order valence-electron chi connectivity index (χ0n) is 14.5. The fourth-order valence-corrected chi connectivity index (χ4v) is 2.61. The van der Waals surface area contributed by atoms with Gasteiger partial charge >= 0.3 is 0 Å². The summed E-state index contributed by atoms with van der Waals surface area (Å²) in [5.74, 6) is 1.14. The van der Waals surface area contributed by atoms with Crippen molar-refractivity contribution in [3.63, 3.8) is 0 Å². The molecule has 0 saturated carbocycles. The Balaban J connectivity index is 1.89. The number of nitrogens with zero attached hydrogens (tertiary/aromatic N) is 1. The molecule has 0 atom stereocenters. The molecule has 6 heteroatoms. The summed E-state index contributed by atoms with van der Waals surface area (Å²) in [4.78, 5) is 10.6. The SMILES string of the molecule is CC(C)(C)c1ccc(Oc2ccc([N+](=O)[O-])cc2C2OCCO2)cc1. The summed E-state index contributed by atoms with van der Waals surface area (Å²) in [6.45, 7) is 7.34. The molecular formula is C19H21NO5. The Bertz CT molecular complexity index is 758. The highest BCUT2D eigenvalue weighted by molar-refractivity contribution is 5.47. The Labute approximate surface area is 146 Å². The van der Waals surface area contributed by atoms with E-state index in [0.29, 0.717) is 30.3 Å². The lowest BCUT2D eigenvalue weighted by Crippen LogP contribution is -2.10. The van der Waals surface area contributed by atoms with E-state index in [9.17, 15) is 10.1 Å². The lowest BCUT2D eigenvalue weighted by Gasteiger charge is -2.19. The Morgan fingerprint density at radius 3 is 2.28 bits per heavy atom. The molecule has 1 aliphatic heterocycles. The average Bonchev–Trinajstić information content (AvgIpc) is 3.09. The van der Waals surface area contributed by atoms with Crippen molar-refractivity contribution in [2.75, 3.05) is 13.2 Å². The quantitative estimate of drug-likeness (QED) is 0.593. The van der Waals surface area contributed by atoms with E-state index >= 15 is 0 Å². The number of ether oxygens (including phenoxy) is 3. The summed E-state index contributed by atoms with van der Waals surface area (Å²) >= 11 is 0. The van der Waals surface area contributed by atoms with E-state index in [4.69, 9.17) is 14.2 Å². The summed E-state index contributed by atoms with van der Waals surface area (Å²) in [5, 5.41) is 11.1. The maximum Gasteiger partial charge on any atom is 0.270 e. The van der Waals surface area contributed by atoms with Crippen LogP contribution >= 0.6 is 0 Å². The molecule has 3 rings (SSSR count). The first kappa shape index (κ1) is 17.4. The molecule has 0 N–H and O–H groups in total. The molecular weight excluding hydrogens is 322 g/mol. The van der Waals surface area contributed by atoms with Crippen molar-refractivity contribution in [2.45, 2.75) is 32.5 Å². The van der Waals surface area contributed by atoms with Crippen LogP contribution in [-0.4, -0.2) is 18.1 Å². The van der Waals surface area contributed by atoms with Crippen molar-refractivity contribution in [3.8, 4) is 11.5 Å². The number of nitro benzene ring substituents is 1. The Morgan fingerprint density at radius 2 is 1.72 bits per heavy atom. The van der Waals surface area contributed by atoms with Gasteiger partial charge in [0, 0.05) is 12.1 Å². The zero-order chi connectivity index (χ0) is 18.0. The van der Waals surface area contributed by atoms with Gasteiger partial charge in [-0.25, -0.2) is 0 Å². The third-order valence-electron chi connectivity index (χ3n) is 4.03. The van der Waals surface area contributed by atoms with Crippen LogP contribution in [0.15, 0.2) is 42.5 Å². The molecule has 0 aliphatic carbocycles. The van der Waals surface area contributed by atoms with Crippen molar-refractivity contribution < 1.29 is 19.1 Å². The van der Waals surface area contributed by atoms with Crippen LogP contribution in [0.3, 0.4) is 0 Å². The molecule has 132 valence electrons. The smallest absolute Gasteiger partial charge is 0.270 e. The van der Waals surface area contributed by atoms with Crippen molar-refractivity contribution >= 4 is 5.69 Å². The standard InChI is InChI=1S/C19H21NO5/c1-19(2,3)13-4-7-15(8-5-13)25-17-9-6-14(20(21)22)12-16(17)18-23-10-11-24-18/h4-9,12,18H,10-11H2,1-3H3. The molecule has 1 aliphatic rings. The molecule has 0 amide bonds. The fraction of sp³-hybridized carbons (Fsp3) is 0.368. The van der Waals surface area contributed by atoms with Crippen molar-refractivity contribution in [2.24, 2.45) is 0 Å². The van der Waals surface area contributed by atoms with Gasteiger partial charge in [-0.3, -0.25) is 10.1 Å². The van der Waals surface area contributed by atoms with Gasteiger partial charge in [-0.2, -0.15) is 0 Å². The minimum atomic E-state index is -0.649. The van der Waals surface area contributed by atoms with E-state index < -0.39 is 11.2 Å². The lowest BCUT2D eigenvalue weighted by molar-refractivity contribution is -0.385. The number of benzene rings is 2. The molecule has 25 heavy (non-hydrogen) atoms. The number of hydrogen-bond acceptors (Lipinski definition) is 5. The van der Waals surface area contributed by atoms with E-state index in [1.54, 1.807) is 6.07 Å². The van der Waals surface area contributed by atoms with Gasteiger partial charge in [0.05, 0.1) is 23.7 Å². The second-order valence-corrected chi connectivity index (χ2v) is 6.93. The van der Waals surface area contributed by atoms with E-state index in [0.717, 1.165) is 0 Å². The number of non-ortho nitro benzene ring substituents is 1. The maximum absolute atomic E-state index is 11.1. The predicted molar refractivity (Wildman–Crippen MR) is 93.0 cm³/mol. The Hall–Kier alpha value is -2.44. The normalized spacial score (nSPS) is 15.3. The van der Waals surface area contributed by atoms with Crippen LogP contribution in [-0.2, 0) is 14.9 Å². The third kappa shape index (κ3) is 3.97. The largest absolute Gasteiger partial charge is 0.457 e. The second kappa shape index (κ2) is 6.82. The number of rotatable bonds is 4. The number of nitro groups is 1. The average molecular weight is 343 g/mol. The molecule has 0 unspecified atom stereocenters. The van der Waals surface area contributed by atoms with Gasteiger partial charge in [0.15, 0.2) is 6.29 Å². The maximum atomic E-state index is 11.1. The first-order chi connectivity index (χ1) is 11.8. The van der Waals surface area contributed by atoms with E-state index in [-0.39, 0.29) is 11.1 Å². The van der Waals surface area contributed by atoms with Crippen LogP contribution in [0.1, 0.15) is 38.2 Å². The van der Waals surface area contributed by atoms with Gasteiger partial charge in [-0.15, -0.1) is 0 Å². The Morgan fingerprint density at radius 1 is 1.08 bits per heavy atom. The summed E-state index contributed by atoms with van der Waals surface area (Å²) in [6, 6.07) is 12.2. The summed E-state index contributed by atoms with van der Waals surface area (Å²) in [5.41, 5.74) is 1.75. The predicted octanol–water partition coefficient (Wildman–Crippen LogP) is 4.73. The third-order valence-corrected chi connectivity index (χ3v) is 4.03. The molecule has 0 spiro atoms. The molecule has 0 bridgehead atoms. The molecule has 2 aromatic rings. The van der Waals surface area contributed by atoms with Crippen LogP contribution in [0.2, 0.25) is 0 Å². The lowest BCUT2D eigenvalue weighted by atomic mass is 9.87. The first-order valence-corrected chi connectivity index (χ1v) is 8.14. The van der Waals surface area contributed by atoms with E-state index in [1.807, 2.05) is 24.3 Å². The van der Waals surface area contributed by atoms with Crippen LogP contribution in [0, 0.1) is 10.1 Å². The molecule has 1 saturated heterocycles. The molecule has 0 aromatic heterocycles. The zero-order valence-corrected chi connectivity index (χ0v) is 14.5. The monoisotopic (exact) mass is 343 g/mol. The van der Waals surface area contributed by atoms with Crippen LogP contribution < -0.4 is 4.74 Å². The summed E-state index contributed by atoms with van der Waals surface area (Å²) in [6.07, 6.45) is -0.649. The van der Waals surface area contributed by atoms with Crippen LogP contribution in [0.4, 0.5) is 5.69 Å². The molecule has 1 fully saturated rings. The summed E-state index contributed by atoms with van der Waals surface area (Å²) < 4.78 is 16.9. The minimum absolute atomic E-state index is 0.0236. The molecule has 2 aromatic carbocycles. The van der Waals surface area contributed by atoms with Gasteiger partial charge in [-0.05, 0) is 29.2 Å². The fourth-order valence-electron chi connectivity index (χ4n) is 2.61. The van der Waals surface area contributed by atoms with Crippen molar-refractivity contribution in [3.05, 3.63) is 63.7 Å². The van der Waals surface area contributed by atoms with E-state index in [2.05, 4.69) is 20.8 Å². The topological polar surface area (TPSA) is 70.8 Å². The highest BCUT2D eigenvalue weighted by Crippen LogP contribution is 2.37. The minimum Gasteiger partial charge on any atom is -0.457 e. The highest BCUT2D eigenvalue weighted by atomic mass is 16.7. The van der Waals surface area contributed by atoms with Gasteiger partial charge in [0.2, 0.25) is 0 Å². The van der Waals surface area contributed by atoms with Crippen LogP contribution in [0.25, 0.3) is 0 Å². The second-order valence-electron chi connectivity index (χ2n) is 6.93.